The van der Waals surface area contributed by atoms with E-state index in [1.807, 2.05) is 13.8 Å². The van der Waals surface area contributed by atoms with Gasteiger partial charge in [0.15, 0.2) is 0 Å². The van der Waals surface area contributed by atoms with Gasteiger partial charge < -0.3 is 10.2 Å². The highest BCUT2D eigenvalue weighted by Gasteiger charge is 2.59. The molecule has 8 atom stereocenters. The van der Waals surface area contributed by atoms with Crippen molar-refractivity contribution in [2.45, 2.75) is 111 Å². The van der Waals surface area contributed by atoms with E-state index in [4.69, 9.17) is 0 Å². The average Bonchev–Trinajstić information content (AvgIpc) is 2.97. The normalized spacial score (nSPS) is 47.0. The van der Waals surface area contributed by atoms with Gasteiger partial charge in [0.1, 0.15) is 0 Å². The number of aliphatic hydroxyl groups excluding tert-OH is 1. The number of rotatable bonds is 4. The Kier molecular flexibility index (Phi) is 5.32. The van der Waals surface area contributed by atoms with Crippen LogP contribution in [0.4, 0.5) is 0 Å². The van der Waals surface area contributed by atoms with Crippen molar-refractivity contribution in [3.8, 4) is 0 Å². The van der Waals surface area contributed by atoms with Crippen LogP contribution in [0.1, 0.15) is 98.8 Å². The van der Waals surface area contributed by atoms with Crippen LogP contribution in [0.5, 0.6) is 0 Å². The third-order valence-corrected chi connectivity index (χ3v) is 10.0. The van der Waals surface area contributed by atoms with Crippen molar-refractivity contribution in [2.75, 3.05) is 0 Å². The molecule has 0 saturated heterocycles. The van der Waals surface area contributed by atoms with Gasteiger partial charge in [0.2, 0.25) is 0 Å². The molecule has 2 N–H and O–H groups in total. The van der Waals surface area contributed by atoms with Crippen LogP contribution < -0.4 is 0 Å². The van der Waals surface area contributed by atoms with Crippen molar-refractivity contribution >= 4 is 0 Å². The van der Waals surface area contributed by atoms with Gasteiger partial charge in [-0.15, -0.1) is 0 Å². The van der Waals surface area contributed by atoms with Gasteiger partial charge in [-0.2, -0.15) is 0 Å². The molecule has 0 spiro atoms. The molecule has 0 aliphatic heterocycles. The maximum Gasteiger partial charge on any atom is 0.0591 e. The smallest absolute Gasteiger partial charge is 0.0591 e. The van der Waals surface area contributed by atoms with Gasteiger partial charge in [0.05, 0.1) is 11.7 Å². The standard InChI is InChI=1S/C26H44O2/c1-17(10-13-24(2,3)28)21-8-9-22-20-7-6-18-16-19(27)11-14-25(18,4)23(20)12-15-26(21,22)5/h6,17,19-23,27-28H,7-16H2,1-5H3/t17?,19-,20-,21?,22-,23-,25-,26+/m0/s1. The van der Waals surface area contributed by atoms with E-state index in [2.05, 4.69) is 26.8 Å². The number of aliphatic hydroxyl groups is 2. The maximum atomic E-state index is 10.2. The van der Waals surface area contributed by atoms with Gasteiger partial charge in [-0.1, -0.05) is 32.4 Å². The van der Waals surface area contributed by atoms with Crippen molar-refractivity contribution in [3.63, 3.8) is 0 Å². The van der Waals surface area contributed by atoms with E-state index in [1.165, 1.54) is 38.5 Å². The molecule has 2 unspecified atom stereocenters. The summed E-state index contributed by atoms with van der Waals surface area (Å²) in [5, 5.41) is 20.4. The number of hydrogen-bond acceptors (Lipinski definition) is 2. The molecule has 3 fully saturated rings. The summed E-state index contributed by atoms with van der Waals surface area (Å²) < 4.78 is 0. The highest BCUT2D eigenvalue weighted by molar-refractivity contribution is 5.25. The van der Waals surface area contributed by atoms with Gasteiger partial charge in [0, 0.05) is 0 Å². The first kappa shape index (κ1) is 20.9. The molecule has 0 bridgehead atoms. The zero-order chi connectivity index (χ0) is 20.3. The summed E-state index contributed by atoms with van der Waals surface area (Å²) in [5.74, 6) is 4.11. The maximum absolute atomic E-state index is 10.2. The zero-order valence-electron chi connectivity index (χ0n) is 19.0. The first-order chi connectivity index (χ1) is 13.0. The van der Waals surface area contributed by atoms with E-state index in [-0.39, 0.29) is 6.10 Å². The lowest BCUT2D eigenvalue weighted by Gasteiger charge is -2.58. The molecule has 0 aromatic rings. The quantitative estimate of drug-likeness (QED) is 0.570. The second-order valence-electron chi connectivity index (χ2n) is 12.2. The Balaban J connectivity index is 1.52. The van der Waals surface area contributed by atoms with Gasteiger partial charge in [0.25, 0.3) is 0 Å². The fraction of sp³-hybridized carbons (Fsp3) is 0.923. The SMILES string of the molecule is CC(CCC(C)(C)O)C1CC[C@H]2[C@@H]3CC=C4C[C@@H](O)CC[C@]4(C)[C@H]3CC[C@]12C. The van der Waals surface area contributed by atoms with Crippen molar-refractivity contribution in [3.05, 3.63) is 11.6 Å². The first-order valence-electron chi connectivity index (χ1n) is 12.1. The molecule has 0 radical (unpaired) electrons. The molecule has 3 saturated carbocycles. The Morgan fingerprint density at radius 2 is 1.86 bits per heavy atom. The van der Waals surface area contributed by atoms with Crippen molar-refractivity contribution in [2.24, 2.45) is 40.4 Å². The molecule has 28 heavy (non-hydrogen) atoms. The van der Waals surface area contributed by atoms with Gasteiger partial charge >= 0.3 is 0 Å². The van der Waals surface area contributed by atoms with Crippen molar-refractivity contribution < 1.29 is 10.2 Å². The first-order valence-corrected chi connectivity index (χ1v) is 12.1. The highest BCUT2D eigenvalue weighted by atomic mass is 16.3. The largest absolute Gasteiger partial charge is 0.393 e. The van der Waals surface area contributed by atoms with Crippen molar-refractivity contribution in [1.29, 1.82) is 0 Å². The molecule has 0 aromatic heterocycles. The molecule has 4 aliphatic rings. The summed E-state index contributed by atoms with van der Waals surface area (Å²) in [7, 11) is 0. The topological polar surface area (TPSA) is 40.5 Å². The van der Waals surface area contributed by atoms with Crippen LogP contribution in [-0.2, 0) is 0 Å². The predicted molar refractivity (Wildman–Crippen MR) is 116 cm³/mol. The van der Waals surface area contributed by atoms with Crippen LogP contribution in [-0.4, -0.2) is 21.9 Å². The summed E-state index contributed by atoms with van der Waals surface area (Å²) in [6.07, 6.45) is 14.5. The fourth-order valence-corrected chi connectivity index (χ4v) is 8.40. The third-order valence-electron chi connectivity index (χ3n) is 10.0. The molecular weight excluding hydrogens is 344 g/mol. The van der Waals surface area contributed by atoms with Crippen LogP contribution >= 0.6 is 0 Å². The molecule has 0 amide bonds. The van der Waals surface area contributed by atoms with Gasteiger partial charge in [-0.3, -0.25) is 0 Å². The number of hydrogen-bond donors (Lipinski definition) is 2. The van der Waals surface area contributed by atoms with E-state index < -0.39 is 5.60 Å². The minimum absolute atomic E-state index is 0.0998. The Hall–Kier alpha value is -0.340. The average molecular weight is 389 g/mol. The summed E-state index contributed by atoms with van der Waals surface area (Å²) >= 11 is 0. The van der Waals surface area contributed by atoms with E-state index in [9.17, 15) is 10.2 Å². The van der Waals surface area contributed by atoms with E-state index in [0.29, 0.717) is 16.7 Å². The Morgan fingerprint density at radius 1 is 1.11 bits per heavy atom. The van der Waals surface area contributed by atoms with Crippen LogP contribution in [0.15, 0.2) is 11.6 Å². The van der Waals surface area contributed by atoms with Crippen LogP contribution in [0.25, 0.3) is 0 Å². The number of fused-ring (bicyclic) bond motifs is 5. The monoisotopic (exact) mass is 388 g/mol. The lowest BCUT2D eigenvalue weighted by molar-refractivity contribution is -0.0585. The molecular formula is C26H44O2. The highest BCUT2D eigenvalue weighted by Crippen LogP contribution is 2.67. The van der Waals surface area contributed by atoms with E-state index in [1.54, 1.807) is 5.57 Å². The third kappa shape index (κ3) is 3.41. The zero-order valence-corrected chi connectivity index (χ0v) is 19.0. The Bertz CT molecular complexity index is 616. The lowest BCUT2D eigenvalue weighted by atomic mass is 9.47. The Labute approximate surface area is 173 Å². The second-order valence-corrected chi connectivity index (χ2v) is 12.2. The van der Waals surface area contributed by atoms with Gasteiger partial charge in [-0.25, -0.2) is 0 Å². The van der Waals surface area contributed by atoms with E-state index >= 15 is 0 Å². The molecule has 4 rings (SSSR count). The minimum atomic E-state index is -0.532. The predicted octanol–water partition coefficient (Wildman–Crippen LogP) is 6.11. The van der Waals surface area contributed by atoms with Gasteiger partial charge in [-0.05, 0) is 118 Å². The molecule has 160 valence electrons. The van der Waals surface area contributed by atoms with Crippen LogP contribution in [0.2, 0.25) is 0 Å². The number of allylic oxidation sites excluding steroid dienone is 1. The van der Waals surface area contributed by atoms with Crippen molar-refractivity contribution in [1.82, 2.24) is 0 Å². The molecule has 2 nitrogen and oxygen atoms in total. The molecule has 0 heterocycles. The van der Waals surface area contributed by atoms with Crippen LogP contribution in [0, 0.1) is 40.4 Å². The summed E-state index contributed by atoms with van der Waals surface area (Å²) in [5.41, 5.74) is 1.91. The minimum Gasteiger partial charge on any atom is -0.393 e. The Morgan fingerprint density at radius 3 is 2.57 bits per heavy atom. The molecule has 2 heteroatoms. The molecule has 4 aliphatic carbocycles. The fourth-order valence-electron chi connectivity index (χ4n) is 8.40. The summed E-state index contributed by atoms with van der Waals surface area (Å²) in [4.78, 5) is 0. The summed E-state index contributed by atoms with van der Waals surface area (Å²) in [6.45, 7) is 11.5. The second kappa shape index (κ2) is 7.12. The lowest BCUT2D eigenvalue weighted by Crippen LogP contribution is -2.50. The van der Waals surface area contributed by atoms with Crippen LogP contribution in [0.3, 0.4) is 0 Å². The molecule has 0 aromatic carbocycles. The van der Waals surface area contributed by atoms with E-state index in [0.717, 1.165) is 49.4 Å². The summed E-state index contributed by atoms with van der Waals surface area (Å²) in [6, 6.07) is 0.